The average molecular weight is 452 g/mol. The number of rotatable bonds is 4. The molecule has 0 aliphatic rings. The SMILES string of the molecule is Cc1nc2cc(NC(=O)c3cccc4cc(Oc5ccnc6[nH]ncc56)ccc34)ccc2s1. The number of fused-ring (bicyclic) bond motifs is 3. The number of benzene rings is 3. The van der Waals surface area contributed by atoms with Crippen LogP contribution < -0.4 is 10.1 Å². The van der Waals surface area contributed by atoms with Gasteiger partial charge in [0.25, 0.3) is 5.91 Å². The van der Waals surface area contributed by atoms with Gasteiger partial charge in [-0.25, -0.2) is 9.97 Å². The number of aryl methyl sites for hydroxylation is 1. The number of aromatic nitrogens is 4. The Kier molecular flexibility index (Phi) is 4.51. The van der Waals surface area contributed by atoms with E-state index in [4.69, 9.17) is 4.74 Å². The summed E-state index contributed by atoms with van der Waals surface area (Å²) in [6.45, 7) is 1.98. The van der Waals surface area contributed by atoms with E-state index in [2.05, 4.69) is 25.5 Å². The lowest BCUT2D eigenvalue weighted by molar-refractivity contribution is 0.102. The van der Waals surface area contributed by atoms with Crippen molar-refractivity contribution in [1.82, 2.24) is 20.2 Å². The van der Waals surface area contributed by atoms with Gasteiger partial charge in [-0.15, -0.1) is 11.3 Å². The van der Waals surface area contributed by atoms with Gasteiger partial charge in [-0.2, -0.15) is 5.10 Å². The van der Waals surface area contributed by atoms with Crippen molar-refractivity contribution in [3.63, 3.8) is 0 Å². The van der Waals surface area contributed by atoms with Crippen molar-refractivity contribution < 1.29 is 9.53 Å². The molecule has 0 spiro atoms. The predicted molar refractivity (Wildman–Crippen MR) is 130 cm³/mol. The van der Waals surface area contributed by atoms with Crippen molar-refractivity contribution in [2.24, 2.45) is 0 Å². The molecular weight excluding hydrogens is 434 g/mol. The first kappa shape index (κ1) is 19.4. The quantitative estimate of drug-likeness (QED) is 0.339. The Balaban J connectivity index is 1.30. The highest BCUT2D eigenvalue weighted by atomic mass is 32.1. The number of pyridine rings is 1. The van der Waals surface area contributed by atoms with E-state index in [0.29, 0.717) is 22.7 Å². The van der Waals surface area contributed by atoms with Crippen LogP contribution in [0.5, 0.6) is 11.5 Å². The Morgan fingerprint density at radius 3 is 2.94 bits per heavy atom. The second-order valence-electron chi connectivity index (χ2n) is 7.60. The molecule has 0 saturated carbocycles. The van der Waals surface area contributed by atoms with Crippen LogP contribution in [0.3, 0.4) is 0 Å². The normalized spacial score (nSPS) is 11.3. The highest BCUT2D eigenvalue weighted by molar-refractivity contribution is 7.18. The van der Waals surface area contributed by atoms with Crippen LogP contribution in [-0.2, 0) is 0 Å². The molecule has 0 fully saturated rings. The summed E-state index contributed by atoms with van der Waals surface area (Å²) >= 11 is 1.64. The standard InChI is InChI=1S/C25H17N5O2S/c1-14-28-21-12-16(5-8-23(21)33-14)29-25(31)19-4-2-3-15-11-17(6-7-18(15)19)32-22-9-10-26-24-20(22)13-27-30-24/h2-13H,1H3,(H,29,31)(H,26,27,30). The largest absolute Gasteiger partial charge is 0.456 e. The maximum Gasteiger partial charge on any atom is 0.256 e. The van der Waals surface area contributed by atoms with E-state index < -0.39 is 0 Å². The van der Waals surface area contributed by atoms with E-state index in [-0.39, 0.29) is 5.91 Å². The Labute approximate surface area is 192 Å². The average Bonchev–Trinajstić information content (AvgIpc) is 3.44. The first-order valence-electron chi connectivity index (χ1n) is 10.3. The number of hydrogen-bond acceptors (Lipinski definition) is 6. The van der Waals surface area contributed by atoms with Gasteiger partial charge in [-0.3, -0.25) is 9.89 Å². The van der Waals surface area contributed by atoms with E-state index in [1.54, 1.807) is 29.8 Å². The van der Waals surface area contributed by atoms with E-state index in [1.165, 1.54) is 0 Å². The molecule has 6 aromatic rings. The zero-order chi connectivity index (χ0) is 22.4. The van der Waals surface area contributed by atoms with Crippen LogP contribution in [0.15, 0.2) is 73.1 Å². The summed E-state index contributed by atoms with van der Waals surface area (Å²) in [5.41, 5.74) is 2.86. The highest BCUT2D eigenvalue weighted by Crippen LogP contribution is 2.31. The lowest BCUT2D eigenvalue weighted by Crippen LogP contribution is -2.12. The van der Waals surface area contributed by atoms with Crippen LogP contribution in [-0.4, -0.2) is 26.1 Å². The van der Waals surface area contributed by atoms with Crippen molar-refractivity contribution in [2.75, 3.05) is 5.32 Å². The molecule has 6 rings (SSSR count). The number of hydrogen-bond donors (Lipinski definition) is 2. The lowest BCUT2D eigenvalue weighted by Gasteiger charge is -2.11. The van der Waals surface area contributed by atoms with Crippen LogP contribution >= 0.6 is 11.3 Å². The molecule has 0 saturated heterocycles. The van der Waals surface area contributed by atoms with Gasteiger partial charge < -0.3 is 10.1 Å². The van der Waals surface area contributed by atoms with Crippen LogP contribution in [0.1, 0.15) is 15.4 Å². The van der Waals surface area contributed by atoms with Gasteiger partial charge in [0.15, 0.2) is 5.65 Å². The Bertz CT molecular complexity index is 1670. The number of nitrogens with zero attached hydrogens (tertiary/aromatic N) is 3. The number of thiazole rings is 1. The third-order valence-corrected chi connectivity index (χ3v) is 6.34. The minimum absolute atomic E-state index is 0.171. The number of H-pyrrole nitrogens is 1. The summed E-state index contributed by atoms with van der Waals surface area (Å²) in [6.07, 6.45) is 3.36. The van der Waals surface area contributed by atoms with Crippen LogP contribution in [0.25, 0.3) is 32.0 Å². The van der Waals surface area contributed by atoms with E-state index in [0.717, 1.165) is 37.1 Å². The third kappa shape index (κ3) is 3.56. The molecule has 0 radical (unpaired) electrons. The summed E-state index contributed by atoms with van der Waals surface area (Å²) in [5.74, 6) is 1.16. The lowest BCUT2D eigenvalue weighted by atomic mass is 10.0. The molecule has 0 atom stereocenters. The molecule has 1 amide bonds. The molecule has 3 heterocycles. The van der Waals surface area contributed by atoms with E-state index in [9.17, 15) is 4.79 Å². The maximum atomic E-state index is 13.1. The van der Waals surface area contributed by atoms with Gasteiger partial charge in [-0.1, -0.05) is 12.1 Å². The van der Waals surface area contributed by atoms with Gasteiger partial charge in [0.05, 0.1) is 26.8 Å². The van der Waals surface area contributed by atoms with Crippen molar-refractivity contribution >= 4 is 55.0 Å². The molecule has 2 N–H and O–H groups in total. The molecule has 3 aromatic carbocycles. The number of amides is 1. The zero-order valence-corrected chi connectivity index (χ0v) is 18.3. The number of nitrogens with one attached hydrogen (secondary N) is 2. The fraction of sp³-hybridized carbons (Fsp3) is 0.0400. The molecule has 8 heteroatoms. The molecule has 3 aromatic heterocycles. The van der Waals surface area contributed by atoms with Gasteiger partial charge in [-0.05, 0) is 66.2 Å². The minimum atomic E-state index is -0.171. The molecule has 33 heavy (non-hydrogen) atoms. The Hall–Kier alpha value is -4.30. The summed E-state index contributed by atoms with van der Waals surface area (Å²) in [5, 5.41) is 13.4. The van der Waals surface area contributed by atoms with E-state index >= 15 is 0 Å². The second-order valence-corrected chi connectivity index (χ2v) is 8.84. The summed E-state index contributed by atoms with van der Waals surface area (Å²) < 4.78 is 7.19. The molecular formula is C25H17N5O2S. The predicted octanol–water partition coefficient (Wildman–Crippen LogP) is 6.07. The molecule has 0 aliphatic heterocycles. The fourth-order valence-electron chi connectivity index (χ4n) is 3.89. The topological polar surface area (TPSA) is 92.8 Å². The van der Waals surface area contributed by atoms with Gasteiger partial charge in [0, 0.05) is 17.4 Å². The molecule has 7 nitrogen and oxygen atoms in total. The van der Waals surface area contributed by atoms with Crippen LogP contribution in [0.4, 0.5) is 5.69 Å². The fourth-order valence-corrected chi connectivity index (χ4v) is 4.69. The maximum absolute atomic E-state index is 13.1. The number of anilines is 1. The number of ether oxygens (including phenoxy) is 1. The van der Waals surface area contributed by atoms with Gasteiger partial charge in [0.1, 0.15) is 11.5 Å². The first-order chi connectivity index (χ1) is 16.1. The smallest absolute Gasteiger partial charge is 0.256 e. The molecule has 160 valence electrons. The zero-order valence-electron chi connectivity index (χ0n) is 17.5. The monoisotopic (exact) mass is 451 g/mol. The third-order valence-electron chi connectivity index (χ3n) is 5.39. The van der Waals surface area contributed by atoms with E-state index in [1.807, 2.05) is 61.5 Å². The van der Waals surface area contributed by atoms with Crippen molar-refractivity contribution in [3.05, 3.63) is 83.6 Å². The molecule has 0 unspecified atom stereocenters. The number of aromatic amines is 1. The van der Waals surface area contributed by atoms with Crippen molar-refractivity contribution in [1.29, 1.82) is 0 Å². The molecule has 0 bridgehead atoms. The highest BCUT2D eigenvalue weighted by Gasteiger charge is 2.13. The van der Waals surface area contributed by atoms with Crippen LogP contribution in [0.2, 0.25) is 0 Å². The number of carbonyl (C=O) groups is 1. The van der Waals surface area contributed by atoms with Crippen LogP contribution in [0, 0.1) is 6.92 Å². The molecule has 0 aliphatic carbocycles. The van der Waals surface area contributed by atoms with Crippen molar-refractivity contribution in [3.8, 4) is 11.5 Å². The Morgan fingerprint density at radius 2 is 2.00 bits per heavy atom. The minimum Gasteiger partial charge on any atom is -0.456 e. The second kappa shape index (κ2) is 7.68. The summed E-state index contributed by atoms with van der Waals surface area (Å²) in [7, 11) is 0. The Morgan fingerprint density at radius 1 is 1.06 bits per heavy atom. The van der Waals surface area contributed by atoms with Crippen molar-refractivity contribution in [2.45, 2.75) is 6.92 Å². The van der Waals surface area contributed by atoms with Gasteiger partial charge in [0.2, 0.25) is 0 Å². The van der Waals surface area contributed by atoms with Gasteiger partial charge >= 0.3 is 0 Å². The summed E-state index contributed by atoms with van der Waals surface area (Å²) in [4.78, 5) is 21.8. The first-order valence-corrected chi connectivity index (χ1v) is 11.1. The summed E-state index contributed by atoms with van der Waals surface area (Å²) in [6, 6.07) is 18.9. The number of carbonyl (C=O) groups excluding carboxylic acids is 1.